The zero-order valence-corrected chi connectivity index (χ0v) is 10.7. The third kappa shape index (κ3) is 2.17. The Morgan fingerprint density at radius 2 is 2.05 bits per heavy atom. The highest BCUT2D eigenvalue weighted by Crippen LogP contribution is 2.29. The summed E-state index contributed by atoms with van der Waals surface area (Å²) < 4.78 is 13.7. The number of hydrogen-bond acceptors (Lipinski definition) is 1. The second-order valence-corrected chi connectivity index (χ2v) is 4.84. The van der Waals surface area contributed by atoms with Crippen molar-refractivity contribution in [1.82, 2.24) is 4.98 Å². The maximum Gasteiger partial charge on any atom is 0.128 e. The smallest absolute Gasteiger partial charge is 0.128 e. The average molecular weight is 276 g/mol. The van der Waals surface area contributed by atoms with Crippen LogP contribution in [0.15, 0.2) is 42.6 Å². The van der Waals surface area contributed by atoms with E-state index in [2.05, 4.69) is 4.98 Å². The lowest BCUT2D eigenvalue weighted by molar-refractivity contribution is 0.481. The minimum atomic E-state index is -0.335. The predicted octanol–water partition coefficient (Wildman–Crippen LogP) is 4.26. The number of phenolic OH excluding ortho intramolecular Hbond substituents is 1. The van der Waals surface area contributed by atoms with Crippen molar-refractivity contribution in [3.05, 3.63) is 64.6 Å². The van der Waals surface area contributed by atoms with E-state index in [1.165, 1.54) is 6.07 Å². The van der Waals surface area contributed by atoms with Crippen LogP contribution < -0.4 is 0 Å². The Bertz CT molecular complexity index is 731. The highest BCUT2D eigenvalue weighted by molar-refractivity contribution is 6.31. The Morgan fingerprint density at radius 3 is 2.84 bits per heavy atom. The van der Waals surface area contributed by atoms with Crippen molar-refractivity contribution >= 4 is 22.5 Å². The molecule has 0 atom stereocenters. The third-order valence-electron chi connectivity index (χ3n) is 3.15. The minimum Gasteiger partial charge on any atom is -0.507 e. The molecule has 0 spiro atoms. The van der Waals surface area contributed by atoms with Gasteiger partial charge in [-0.3, -0.25) is 0 Å². The van der Waals surface area contributed by atoms with E-state index in [1.54, 1.807) is 30.5 Å². The van der Waals surface area contributed by atoms with E-state index in [9.17, 15) is 9.50 Å². The van der Waals surface area contributed by atoms with Crippen LogP contribution in [-0.4, -0.2) is 10.1 Å². The first-order valence-corrected chi connectivity index (χ1v) is 6.25. The molecule has 3 aromatic rings. The minimum absolute atomic E-state index is 0.182. The fraction of sp³-hybridized carbons (Fsp3) is 0.0667. The first-order chi connectivity index (χ1) is 9.15. The number of rotatable bonds is 2. The van der Waals surface area contributed by atoms with Crippen molar-refractivity contribution in [2.75, 3.05) is 0 Å². The number of H-pyrrole nitrogens is 1. The molecule has 96 valence electrons. The van der Waals surface area contributed by atoms with Crippen LogP contribution in [0.25, 0.3) is 10.9 Å². The van der Waals surface area contributed by atoms with Crippen molar-refractivity contribution in [3.63, 3.8) is 0 Å². The van der Waals surface area contributed by atoms with Crippen LogP contribution in [0.4, 0.5) is 4.39 Å². The van der Waals surface area contributed by atoms with Gasteiger partial charge in [-0.15, -0.1) is 0 Å². The second kappa shape index (κ2) is 4.59. The van der Waals surface area contributed by atoms with Gasteiger partial charge in [0.1, 0.15) is 11.6 Å². The van der Waals surface area contributed by atoms with E-state index in [0.29, 0.717) is 17.0 Å². The summed E-state index contributed by atoms with van der Waals surface area (Å²) >= 11 is 6.01. The summed E-state index contributed by atoms with van der Waals surface area (Å²) in [7, 11) is 0. The van der Waals surface area contributed by atoms with E-state index < -0.39 is 0 Å². The summed E-state index contributed by atoms with van der Waals surface area (Å²) in [6, 6.07) is 9.94. The Morgan fingerprint density at radius 1 is 1.21 bits per heavy atom. The number of hydrogen-bond donors (Lipinski definition) is 2. The molecule has 0 radical (unpaired) electrons. The first-order valence-electron chi connectivity index (χ1n) is 5.87. The number of phenols is 1. The van der Waals surface area contributed by atoms with Gasteiger partial charge in [0.15, 0.2) is 0 Å². The molecule has 1 heterocycles. The zero-order valence-electron chi connectivity index (χ0n) is 9.95. The van der Waals surface area contributed by atoms with Gasteiger partial charge in [-0.1, -0.05) is 17.7 Å². The van der Waals surface area contributed by atoms with Crippen molar-refractivity contribution in [1.29, 1.82) is 0 Å². The number of fused-ring (bicyclic) bond motifs is 1. The molecule has 0 fully saturated rings. The largest absolute Gasteiger partial charge is 0.507 e. The van der Waals surface area contributed by atoms with Gasteiger partial charge in [0.2, 0.25) is 0 Å². The molecule has 0 unspecified atom stereocenters. The molecular weight excluding hydrogens is 265 g/mol. The maximum atomic E-state index is 13.7. The summed E-state index contributed by atoms with van der Waals surface area (Å²) in [6.45, 7) is 0. The monoisotopic (exact) mass is 275 g/mol. The van der Waals surface area contributed by atoms with Gasteiger partial charge in [-0.05, 0) is 35.9 Å². The third-order valence-corrected chi connectivity index (χ3v) is 3.50. The highest BCUT2D eigenvalue weighted by Gasteiger charge is 2.10. The Kier molecular flexibility index (Phi) is 2.91. The van der Waals surface area contributed by atoms with Gasteiger partial charge in [0.25, 0.3) is 0 Å². The molecule has 1 aromatic heterocycles. The summed E-state index contributed by atoms with van der Waals surface area (Å²) in [5.41, 5.74) is 2.07. The maximum absolute atomic E-state index is 13.7. The van der Waals surface area contributed by atoms with Gasteiger partial charge < -0.3 is 10.1 Å². The number of benzene rings is 2. The Balaban J connectivity index is 2.06. The molecule has 2 aromatic carbocycles. The molecule has 19 heavy (non-hydrogen) atoms. The van der Waals surface area contributed by atoms with Gasteiger partial charge in [-0.25, -0.2) is 4.39 Å². The summed E-state index contributed by atoms with van der Waals surface area (Å²) in [6.07, 6.45) is 2.10. The second-order valence-electron chi connectivity index (χ2n) is 4.43. The number of aromatic amines is 1. The SMILES string of the molecule is Oc1cc(Cc2c(F)cccc2Cl)cc2[nH]ccc12. The molecule has 4 heteroatoms. The predicted molar refractivity (Wildman–Crippen MR) is 74.2 cm³/mol. The van der Waals surface area contributed by atoms with Crippen molar-refractivity contribution in [3.8, 4) is 5.75 Å². The number of aromatic nitrogens is 1. The first kappa shape index (κ1) is 12.1. The average Bonchev–Trinajstić information content (AvgIpc) is 2.83. The summed E-state index contributed by atoms with van der Waals surface area (Å²) in [5, 5.41) is 11.1. The van der Waals surface area contributed by atoms with E-state index >= 15 is 0 Å². The summed E-state index contributed by atoms with van der Waals surface area (Å²) in [4.78, 5) is 3.03. The zero-order chi connectivity index (χ0) is 13.4. The van der Waals surface area contributed by atoms with Crippen LogP contribution in [0.1, 0.15) is 11.1 Å². The van der Waals surface area contributed by atoms with Crippen LogP contribution in [0.2, 0.25) is 5.02 Å². The fourth-order valence-electron chi connectivity index (χ4n) is 2.21. The summed E-state index contributed by atoms with van der Waals surface area (Å²) in [5.74, 6) is -0.153. The molecule has 0 aliphatic carbocycles. The van der Waals surface area contributed by atoms with Gasteiger partial charge in [-0.2, -0.15) is 0 Å². The van der Waals surface area contributed by atoms with Gasteiger partial charge in [0.05, 0.1) is 0 Å². The molecule has 0 saturated heterocycles. The molecule has 0 saturated carbocycles. The van der Waals surface area contributed by atoms with Crippen molar-refractivity contribution < 1.29 is 9.50 Å². The molecule has 2 N–H and O–H groups in total. The van der Waals surface area contributed by atoms with E-state index in [4.69, 9.17) is 11.6 Å². The number of aromatic hydroxyl groups is 1. The van der Waals surface area contributed by atoms with E-state index in [0.717, 1.165) is 16.5 Å². The molecule has 0 amide bonds. The van der Waals surface area contributed by atoms with E-state index in [-0.39, 0.29) is 11.6 Å². The van der Waals surface area contributed by atoms with Gasteiger partial charge >= 0.3 is 0 Å². The van der Waals surface area contributed by atoms with Crippen LogP contribution in [0.5, 0.6) is 5.75 Å². The van der Waals surface area contributed by atoms with Crippen molar-refractivity contribution in [2.45, 2.75) is 6.42 Å². The topological polar surface area (TPSA) is 36.0 Å². The lowest BCUT2D eigenvalue weighted by Crippen LogP contribution is -1.94. The fourth-order valence-corrected chi connectivity index (χ4v) is 2.44. The Hall–Kier alpha value is -2.00. The lowest BCUT2D eigenvalue weighted by atomic mass is 10.0. The molecule has 2 nitrogen and oxygen atoms in total. The standard InChI is InChI=1S/C15H11ClFNO/c16-12-2-1-3-13(17)11(12)6-9-7-14-10(4-5-18-14)15(19)8-9/h1-5,7-8,18-19H,6H2. The molecule has 0 aliphatic heterocycles. The molecular formula is C15H11ClFNO. The molecule has 0 aliphatic rings. The normalized spacial score (nSPS) is 11.1. The highest BCUT2D eigenvalue weighted by atomic mass is 35.5. The van der Waals surface area contributed by atoms with Crippen LogP contribution in [0, 0.1) is 5.82 Å². The van der Waals surface area contributed by atoms with Crippen LogP contribution >= 0.6 is 11.6 Å². The Labute approximate surface area is 114 Å². The van der Waals surface area contributed by atoms with Gasteiger partial charge in [0, 0.05) is 34.1 Å². The lowest BCUT2D eigenvalue weighted by Gasteiger charge is -2.07. The molecule has 0 bridgehead atoms. The molecule has 3 rings (SSSR count). The van der Waals surface area contributed by atoms with Crippen LogP contribution in [-0.2, 0) is 6.42 Å². The van der Waals surface area contributed by atoms with Crippen molar-refractivity contribution in [2.24, 2.45) is 0 Å². The quantitative estimate of drug-likeness (QED) is 0.720. The van der Waals surface area contributed by atoms with Crippen LogP contribution in [0.3, 0.4) is 0 Å². The number of nitrogens with one attached hydrogen (secondary N) is 1. The van der Waals surface area contributed by atoms with E-state index in [1.807, 2.05) is 6.07 Å². The number of halogens is 2.